The van der Waals surface area contributed by atoms with Crippen molar-refractivity contribution in [2.45, 2.75) is 38.8 Å². The summed E-state index contributed by atoms with van der Waals surface area (Å²) < 4.78 is 1.86. The Balaban J connectivity index is 2.79. The van der Waals surface area contributed by atoms with Crippen LogP contribution < -0.4 is 0 Å². The highest BCUT2D eigenvalue weighted by Crippen LogP contribution is 2.31. The first-order chi connectivity index (χ1) is 9.80. The average molecular weight is 289 g/mol. The second-order valence-electron chi connectivity index (χ2n) is 6.05. The summed E-state index contributed by atoms with van der Waals surface area (Å²) in [5.41, 5.74) is 0.650. The van der Waals surface area contributed by atoms with E-state index in [9.17, 15) is 9.90 Å². The third-order valence-electron chi connectivity index (χ3n) is 3.98. The molecule has 114 valence electrons. The number of hydrogen-bond donors (Lipinski definition) is 1. The van der Waals surface area contributed by atoms with Crippen LogP contribution in [0.2, 0.25) is 0 Å². The van der Waals surface area contributed by atoms with Crippen LogP contribution in [0.15, 0.2) is 24.3 Å². The zero-order chi connectivity index (χ0) is 15.8. The van der Waals surface area contributed by atoms with Crippen molar-refractivity contribution in [3.63, 3.8) is 0 Å². The molecule has 0 saturated heterocycles. The van der Waals surface area contributed by atoms with E-state index in [2.05, 4.69) is 11.8 Å². The normalized spacial score (nSPS) is 13.8. The maximum Gasteiger partial charge on any atom is 0.329 e. The topological polar surface area (TPSA) is 58.4 Å². The maximum atomic E-state index is 11.7. The van der Waals surface area contributed by atoms with Crippen molar-refractivity contribution in [2.75, 3.05) is 14.1 Å². The van der Waals surface area contributed by atoms with Gasteiger partial charge in [0, 0.05) is 0 Å². The van der Waals surface area contributed by atoms with Gasteiger partial charge in [0.1, 0.15) is 11.4 Å². The number of hydrogen-bond acceptors (Lipinski definition) is 3. The van der Waals surface area contributed by atoms with E-state index in [0.717, 1.165) is 23.3 Å². The molecule has 1 aromatic heterocycles. The average Bonchev–Trinajstić information content (AvgIpc) is 2.78. The molecule has 1 N–H and O–H groups in total. The second-order valence-corrected chi connectivity index (χ2v) is 6.05. The van der Waals surface area contributed by atoms with E-state index in [1.165, 1.54) is 0 Å². The lowest BCUT2D eigenvalue weighted by molar-refractivity contribution is -0.145. The Morgan fingerprint density at radius 3 is 2.52 bits per heavy atom. The summed E-state index contributed by atoms with van der Waals surface area (Å²) in [5, 5.41) is 9.63. The van der Waals surface area contributed by atoms with Gasteiger partial charge in [-0.25, -0.2) is 9.78 Å². The summed E-state index contributed by atoms with van der Waals surface area (Å²) in [6, 6.07) is 7.78. The largest absolute Gasteiger partial charge is 0.480 e. The smallest absolute Gasteiger partial charge is 0.329 e. The molecule has 2 rings (SSSR count). The fourth-order valence-electron chi connectivity index (χ4n) is 2.73. The highest BCUT2D eigenvalue weighted by Gasteiger charge is 2.35. The highest BCUT2D eigenvalue weighted by molar-refractivity contribution is 5.82. The fourth-order valence-corrected chi connectivity index (χ4v) is 2.73. The van der Waals surface area contributed by atoms with Crippen LogP contribution in [0.1, 0.15) is 39.1 Å². The number of nitrogens with zero attached hydrogens (tertiary/aromatic N) is 3. The third kappa shape index (κ3) is 2.53. The van der Waals surface area contributed by atoms with Crippen LogP contribution in [0.4, 0.5) is 0 Å². The van der Waals surface area contributed by atoms with Crippen molar-refractivity contribution in [1.29, 1.82) is 0 Å². The molecule has 5 nitrogen and oxygen atoms in total. The zero-order valence-corrected chi connectivity index (χ0v) is 13.3. The molecule has 2 aromatic rings. The summed E-state index contributed by atoms with van der Waals surface area (Å²) in [4.78, 5) is 18.5. The number of carbonyl (C=O) groups is 1. The van der Waals surface area contributed by atoms with E-state index in [0.29, 0.717) is 0 Å². The lowest BCUT2D eigenvalue weighted by Crippen LogP contribution is -2.38. The fraction of sp³-hybridized carbons (Fsp3) is 0.500. The molecule has 0 bridgehead atoms. The van der Waals surface area contributed by atoms with Gasteiger partial charge in [0.15, 0.2) is 0 Å². The van der Waals surface area contributed by atoms with Crippen LogP contribution in [-0.2, 0) is 10.3 Å². The van der Waals surface area contributed by atoms with Crippen molar-refractivity contribution in [3.05, 3.63) is 30.1 Å². The van der Waals surface area contributed by atoms with Gasteiger partial charge in [0.25, 0.3) is 0 Å². The molecule has 0 aliphatic rings. The molecule has 1 unspecified atom stereocenters. The number of fused-ring (bicyclic) bond motifs is 1. The molecule has 0 fully saturated rings. The quantitative estimate of drug-likeness (QED) is 0.919. The Labute approximate surface area is 125 Å². The van der Waals surface area contributed by atoms with Crippen molar-refractivity contribution in [1.82, 2.24) is 14.5 Å². The number of rotatable bonds is 5. The monoisotopic (exact) mass is 289 g/mol. The molecule has 5 heteroatoms. The van der Waals surface area contributed by atoms with Crippen LogP contribution in [0.5, 0.6) is 0 Å². The van der Waals surface area contributed by atoms with Gasteiger partial charge in [-0.3, -0.25) is 4.90 Å². The van der Waals surface area contributed by atoms with E-state index in [-0.39, 0.29) is 6.04 Å². The van der Waals surface area contributed by atoms with Gasteiger partial charge in [-0.15, -0.1) is 0 Å². The first-order valence-electron chi connectivity index (χ1n) is 7.18. The SMILES string of the molecule is CCC(c1nc2ccccc2n1C(C)(C)C(=O)O)N(C)C. The third-order valence-corrected chi connectivity index (χ3v) is 3.98. The summed E-state index contributed by atoms with van der Waals surface area (Å²) in [6.45, 7) is 5.52. The van der Waals surface area contributed by atoms with E-state index in [1.54, 1.807) is 13.8 Å². The predicted molar refractivity (Wildman–Crippen MR) is 83.4 cm³/mol. The molecule has 0 spiro atoms. The molecule has 21 heavy (non-hydrogen) atoms. The van der Waals surface area contributed by atoms with Gasteiger partial charge < -0.3 is 9.67 Å². The molecule has 0 saturated carbocycles. The number of benzene rings is 1. The van der Waals surface area contributed by atoms with Gasteiger partial charge in [-0.2, -0.15) is 0 Å². The van der Waals surface area contributed by atoms with Gasteiger partial charge >= 0.3 is 5.97 Å². The molecule has 0 aliphatic heterocycles. The van der Waals surface area contributed by atoms with E-state index >= 15 is 0 Å². The van der Waals surface area contributed by atoms with Crippen LogP contribution in [-0.4, -0.2) is 39.6 Å². The standard InChI is InChI=1S/C16H23N3O2/c1-6-12(18(4)5)14-17-11-9-7-8-10-13(11)19(14)16(2,3)15(20)21/h7-10,12H,6H2,1-5H3,(H,20,21). The van der Waals surface area contributed by atoms with Crippen molar-refractivity contribution >= 4 is 17.0 Å². The summed E-state index contributed by atoms with van der Waals surface area (Å²) in [6.07, 6.45) is 0.867. The molecule has 0 amide bonds. The Bertz CT molecular complexity index is 659. The molecule has 1 aromatic carbocycles. The van der Waals surface area contributed by atoms with Gasteiger partial charge in [-0.05, 0) is 46.5 Å². The Morgan fingerprint density at radius 2 is 2.00 bits per heavy atom. The Hall–Kier alpha value is -1.88. The summed E-state index contributed by atoms with van der Waals surface area (Å²) in [5.74, 6) is -0.0587. The van der Waals surface area contributed by atoms with Gasteiger partial charge in [-0.1, -0.05) is 19.1 Å². The molecule has 1 heterocycles. The van der Waals surface area contributed by atoms with Gasteiger partial charge in [0.2, 0.25) is 0 Å². The maximum absolute atomic E-state index is 11.7. The van der Waals surface area contributed by atoms with Crippen LogP contribution in [0.25, 0.3) is 11.0 Å². The minimum absolute atomic E-state index is 0.0797. The molecular weight excluding hydrogens is 266 g/mol. The molecule has 0 radical (unpaired) electrons. The molecule has 1 atom stereocenters. The van der Waals surface area contributed by atoms with Crippen LogP contribution in [0.3, 0.4) is 0 Å². The van der Waals surface area contributed by atoms with Crippen molar-refractivity contribution < 1.29 is 9.90 Å². The highest BCUT2D eigenvalue weighted by atomic mass is 16.4. The molecular formula is C16H23N3O2. The van der Waals surface area contributed by atoms with E-state index in [4.69, 9.17) is 4.98 Å². The lowest BCUT2D eigenvalue weighted by Gasteiger charge is -2.30. The zero-order valence-electron chi connectivity index (χ0n) is 13.3. The lowest BCUT2D eigenvalue weighted by atomic mass is 10.0. The van der Waals surface area contributed by atoms with Gasteiger partial charge in [0.05, 0.1) is 17.1 Å². The number of carboxylic acid groups (broad SMARTS) is 1. The van der Waals surface area contributed by atoms with Crippen LogP contribution >= 0.6 is 0 Å². The van der Waals surface area contributed by atoms with E-state index in [1.807, 2.05) is 42.9 Å². The summed E-state index contributed by atoms with van der Waals surface area (Å²) in [7, 11) is 3.98. The number of imidazole rings is 1. The number of carboxylic acids is 1. The Kier molecular flexibility index (Phi) is 4.05. The minimum atomic E-state index is -1.05. The van der Waals surface area contributed by atoms with Crippen molar-refractivity contribution in [3.8, 4) is 0 Å². The van der Waals surface area contributed by atoms with Crippen molar-refractivity contribution in [2.24, 2.45) is 0 Å². The number of aromatic nitrogens is 2. The second kappa shape index (κ2) is 5.48. The first kappa shape index (κ1) is 15.5. The Morgan fingerprint density at radius 1 is 1.38 bits per heavy atom. The van der Waals surface area contributed by atoms with E-state index < -0.39 is 11.5 Å². The number of aliphatic carboxylic acids is 1. The first-order valence-corrected chi connectivity index (χ1v) is 7.18. The number of para-hydroxylation sites is 2. The van der Waals surface area contributed by atoms with Crippen LogP contribution in [0, 0.1) is 0 Å². The molecule has 0 aliphatic carbocycles. The predicted octanol–water partition coefficient (Wildman–Crippen LogP) is 2.87. The summed E-state index contributed by atoms with van der Waals surface area (Å²) >= 11 is 0. The minimum Gasteiger partial charge on any atom is -0.480 e.